The van der Waals surface area contributed by atoms with Gasteiger partial charge >= 0.3 is 5.69 Å². The van der Waals surface area contributed by atoms with Gasteiger partial charge < -0.3 is 5.73 Å². The highest BCUT2D eigenvalue weighted by Gasteiger charge is 2.18. The van der Waals surface area contributed by atoms with E-state index in [0.717, 1.165) is 0 Å². The van der Waals surface area contributed by atoms with Crippen molar-refractivity contribution < 1.29 is 4.92 Å². The Labute approximate surface area is 81.6 Å². The molecule has 1 aromatic rings. The second kappa shape index (κ2) is 3.28. The number of halogens is 2. The Bertz CT molecular complexity index is 343. The van der Waals surface area contributed by atoms with Gasteiger partial charge in [0, 0.05) is 0 Å². The topological polar surface area (TPSA) is 69.2 Å². The maximum absolute atomic E-state index is 10.4. The molecule has 0 radical (unpaired) electrons. The van der Waals surface area contributed by atoms with Gasteiger partial charge in [-0.2, -0.15) is 0 Å². The standard InChI is InChI=1S/C6H4BrClN2O2/c7-3-1-2-4(8)5(9)6(3)10(11)12/h1-2H,9H2. The fourth-order valence-corrected chi connectivity index (χ4v) is 1.39. The molecule has 6 heteroatoms. The van der Waals surface area contributed by atoms with Crippen LogP contribution < -0.4 is 5.73 Å². The number of hydrogen-bond donors (Lipinski definition) is 1. The molecule has 4 nitrogen and oxygen atoms in total. The third kappa shape index (κ3) is 1.51. The Kier molecular flexibility index (Phi) is 2.54. The quantitative estimate of drug-likeness (QED) is 0.474. The zero-order chi connectivity index (χ0) is 9.30. The molecule has 1 aromatic carbocycles. The van der Waals surface area contributed by atoms with Crippen LogP contribution in [-0.4, -0.2) is 4.92 Å². The highest BCUT2D eigenvalue weighted by molar-refractivity contribution is 9.10. The number of nitrogen functional groups attached to an aromatic ring is 1. The number of rotatable bonds is 1. The van der Waals surface area contributed by atoms with Crippen molar-refractivity contribution >= 4 is 38.9 Å². The van der Waals surface area contributed by atoms with Crippen LogP contribution in [0.3, 0.4) is 0 Å². The highest BCUT2D eigenvalue weighted by Crippen LogP contribution is 2.35. The molecular weight excluding hydrogens is 247 g/mol. The van der Waals surface area contributed by atoms with Crippen molar-refractivity contribution in [1.29, 1.82) is 0 Å². The van der Waals surface area contributed by atoms with E-state index in [1.165, 1.54) is 12.1 Å². The van der Waals surface area contributed by atoms with Crippen molar-refractivity contribution in [3.05, 3.63) is 31.7 Å². The number of benzene rings is 1. The third-order valence-electron chi connectivity index (χ3n) is 1.30. The van der Waals surface area contributed by atoms with Crippen molar-refractivity contribution in [2.45, 2.75) is 0 Å². The maximum atomic E-state index is 10.4. The van der Waals surface area contributed by atoms with E-state index >= 15 is 0 Å². The van der Waals surface area contributed by atoms with Gasteiger partial charge in [0.2, 0.25) is 0 Å². The molecule has 0 amide bonds. The molecule has 0 aliphatic carbocycles. The molecule has 0 aromatic heterocycles. The lowest BCUT2D eigenvalue weighted by atomic mass is 10.3. The molecule has 1 rings (SSSR count). The monoisotopic (exact) mass is 250 g/mol. The normalized spacial score (nSPS) is 9.83. The Morgan fingerprint density at radius 2 is 2.17 bits per heavy atom. The van der Waals surface area contributed by atoms with E-state index in [4.69, 9.17) is 17.3 Å². The summed E-state index contributed by atoms with van der Waals surface area (Å²) in [5, 5.41) is 10.6. The summed E-state index contributed by atoms with van der Waals surface area (Å²) in [6, 6.07) is 2.98. The zero-order valence-corrected chi connectivity index (χ0v) is 8.09. The van der Waals surface area contributed by atoms with Gasteiger partial charge in [0.15, 0.2) is 0 Å². The van der Waals surface area contributed by atoms with Gasteiger partial charge in [0.25, 0.3) is 0 Å². The number of nitro benzene ring substituents is 1. The average molecular weight is 251 g/mol. The second-order valence-corrected chi connectivity index (χ2v) is 3.31. The van der Waals surface area contributed by atoms with E-state index in [0.29, 0.717) is 4.47 Å². The number of nitro groups is 1. The van der Waals surface area contributed by atoms with Crippen LogP contribution in [0.2, 0.25) is 5.02 Å². The fraction of sp³-hybridized carbons (Fsp3) is 0. The average Bonchev–Trinajstić information content (AvgIpc) is 1.97. The lowest BCUT2D eigenvalue weighted by Gasteiger charge is -2.00. The maximum Gasteiger partial charge on any atom is 0.307 e. The molecule has 0 saturated carbocycles. The smallest absolute Gasteiger partial charge is 0.307 e. The number of nitrogens with zero attached hydrogens (tertiary/aromatic N) is 1. The summed E-state index contributed by atoms with van der Waals surface area (Å²) < 4.78 is 0.328. The first-order valence-electron chi connectivity index (χ1n) is 2.92. The largest absolute Gasteiger partial charge is 0.392 e. The molecule has 0 aliphatic heterocycles. The van der Waals surface area contributed by atoms with Gasteiger partial charge in [-0.25, -0.2) is 0 Å². The van der Waals surface area contributed by atoms with Crippen molar-refractivity contribution in [3.63, 3.8) is 0 Å². The molecule has 2 N–H and O–H groups in total. The first-order valence-corrected chi connectivity index (χ1v) is 4.09. The molecule has 0 fully saturated rings. The van der Waals surface area contributed by atoms with Crippen LogP contribution >= 0.6 is 27.5 Å². The third-order valence-corrected chi connectivity index (χ3v) is 2.27. The van der Waals surface area contributed by atoms with Crippen LogP contribution in [0.1, 0.15) is 0 Å². The predicted molar refractivity (Wildman–Crippen MR) is 50.2 cm³/mol. The van der Waals surface area contributed by atoms with Gasteiger partial charge in [-0.05, 0) is 28.1 Å². The molecule has 64 valence electrons. The van der Waals surface area contributed by atoms with Crippen molar-refractivity contribution in [2.75, 3.05) is 5.73 Å². The van der Waals surface area contributed by atoms with E-state index in [1.807, 2.05) is 0 Å². The highest BCUT2D eigenvalue weighted by atomic mass is 79.9. The van der Waals surface area contributed by atoms with Gasteiger partial charge in [-0.1, -0.05) is 11.6 Å². The van der Waals surface area contributed by atoms with E-state index in [-0.39, 0.29) is 16.4 Å². The molecule has 0 spiro atoms. The number of nitrogens with two attached hydrogens (primary N) is 1. The van der Waals surface area contributed by atoms with Crippen LogP contribution in [-0.2, 0) is 0 Å². The van der Waals surface area contributed by atoms with E-state index in [9.17, 15) is 10.1 Å². The van der Waals surface area contributed by atoms with Crippen LogP contribution in [0.25, 0.3) is 0 Å². The van der Waals surface area contributed by atoms with Gasteiger partial charge in [-0.3, -0.25) is 10.1 Å². The Morgan fingerprint density at radius 1 is 1.58 bits per heavy atom. The van der Waals surface area contributed by atoms with Gasteiger partial charge in [0.1, 0.15) is 5.69 Å². The predicted octanol–water partition coefficient (Wildman–Crippen LogP) is 2.59. The number of anilines is 1. The first kappa shape index (κ1) is 9.28. The van der Waals surface area contributed by atoms with Crippen LogP contribution in [0, 0.1) is 10.1 Å². The summed E-state index contributed by atoms with van der Waals surface area (Å²) in [7, 11) is 0. The Hall–Kier alpha value is -0.810. The molecular formula is C6H4BrClN2O2. The summed E-state index contributed by atoms with van der Waals surface area (Å²) in [6.07, 6.45) is 0. The molecule has 12 heavy (non-hydrogen) atoms. The summed E-state index contributed by atoms with van der Waals surface area (Å²) >= 11 is 8.58. The number of hydrogen-bond acceptors (Lipinski definition) is 3. The molecule has 0 saturated heterocycles. The minimum absolute atomic E-state index is 0.0176. The SMILES string of the molecule is Nc1c(Cl)ccc(Br)c1[N+](=O)[O-]. The summed E-state index contributed by atoms with van der Waals surface area (Å²) in [6.45, 7) is 0. The first-order chi connectivity index (χ1) is 5.54. The minimum Gasteiger partial charge on any atom is -0.392 e. The van der Waals surface area contributed by atoms with Gasteiger partial charge in [0.05, 0.1) is 14.4 Å². The van der Waals surface area contributed by atoms with E-state index in [1.54, 1.807) is 0 Å². The van der Waals surface area contributed by atoms with Crippen molar-refractivity contribution in [1.82, 2.24) is 0 Å². The Morgan fingerprint density at radius 3 is 2.58 bits per heavy atom. The lowest BCUT2D eigenvalue weighted by molar-refractivity contribution is -0.384. The second-order valence-electron chi connectivity index (χ2n) is 2.05. The molecule has 0 heterocycles. The van der Waals surface area contributed by atoms with E-state index in [2.05, 4.69) is 15.9 Å². The fourth-order valence-electron chi connectivity index (χ4n) is 0.742. The molecule has 0 aliphatic rings. The van der Waals surface area contributed by atoms with Gasteiger partial charge in [-0.15, -0.1) is 0 Å². The molecule has 0 unspecified atom stereocenters. The minimum atomic E-state index is -0.578. The summed E-state index contributed by atoms with van der Waals surface area (Å²) in [5.74, 6) is 0. The van der Waals surface area contributed by atoms with Crippen LogP contribution in [0.15, 0.2) is 16.6 Å². The van der Waals surface area contributed by atoms with Crippen molar-refractivity contribution in [2.24, 2.45) is 0 Å². The summed E-state index contributed by atoms with van der Waals surface area (Å²) in [4.78, 5) is 9.85. The van der Waals surface area contributed by atoms with Crippen LogP contribution in [0.5, 0.6) is 0 Å². The van der Waals surface area contributed by atoms with E-state index < -0.39 is 4.92 Å². The zero-order valence-electron chi connectivity index (χ0n) is 5.75. The Balaban J connectivity index is 3.43. The molecule has 0 atom stereocenters. The molecule has 0 bridgehead atoms. The van der Waals surface area contributed by atoms with Crippen molar-refractivity contribution in [3.8, 4) is 0 Å². The lowest BCUT2D eigenvalue weighted by Crippen LogP contribution is -1.97. The van der Waals surface area contributed by atoms with Crippen LogP contribution in [0.4, 0.5) is 11.4 Å². The summed E-state index contributed by atoms with van der Waals surface area (Å²) in [5.41, 5.74) is 5.17.